The predicted molar refractivity (Wildman–Crippen MR) is 91.0 cm³/mol. The van der Waals surface area contributed by atoms with Crippen LogP contribution in [0.3, 0.4) is 0 Å². The molecular formula is C18H28BrN. The van der Waals surface area contributed by atoms with Crippen LogP contribution in [0, 0.1) is 17.8 Å². The molecule has 1 fully saturated rings. The molecule has 0 radical (unpaired) electrons. The summed E-state index contributed by atoms with van der Waals surface area (Å²) in [6.07, 6.45) is 5.41. The molecule has 2 rings (SSSR count). The van der Waals surface area contributed by atoms with Crippen LogP contribution in [0.5, 0.6) is 0 Å². The van der Waals surface area contributed by atoms with Gasteiger partial charge in [0.15, 0.2) is 0 Å². The molecule has 1 N–H and O–H groups in total. The molecule has 0 spiro atoms. The van der Waals surface area contributed by atoms with Gasteiger partial charge in [0.1, 0.15) is 0 Å². The molecule has 1 nitrogen and oxygen atoms in total. The molecule has 1 aromatic rings. The summed E-state index contributed by atoms with van der Waals surface area (Å²) in [5.74, 6) is 2.56. The van der Waals surface area contributed by atoms with E-state index in [2.05, 4.69) is 66.3 Å². The van der Waals surface area contributed by atoms with E-state index >= 15 is 0 Å². The van der Waals surface area contributed by atoms with Gasteiger partial charge in [-0.3, -0.25) is 0 Å². The Morgan fingerprint density at radius 1 is 1.25 bits per heavy atom. The smallest absolute Gasteiger partial charge is 0.0177 e. The van der Waals surface area contributed by atoms with E-state index in [0.717, 1.165) is 17.8 Å². The van der Waals surface area contributed by atoms with Crippen molar-refractivity contribution >= 4 is 15.9 Å². The van der Waals surface area contributed by atoms with E-state index in [1.165, 1.54) is 42.3 Å². The Morgan fingerprint density at radius 2 is 2.05 bits per heavy atom. The van der Waals surface area contributed by atoms with Gasteiger partial charge in [0.25, 0.3) is 0 Å². The highest BCUT2D eigenvalue weighted by Crippen LogP contribution is 2.35. The van der Waals surface area contributed by atoms with Crippen molar-refractivity contribution < 1.29 is 0 Å². The molecule has 0 saturated heterocycles. The van der Waals surface area contributed by atoms with E-state index < -0.39 is 0 Å². The van der Waals surface area contributed by atoms with Crippen LogP contribution in [0.25, 0.3) is 0 Å². The first-order chi connectivity index (χ1) is 9.54. The summed E-state index contributed by atoms with van der Waals surface area (Å²) in [6, 6.07) is 9.43. The first kappa shape index (κ1) is 16.0. The van der Waals surface area contributed by atoms with Gasteiger partial charge in [0.2, 0.25) is 0 Å². The second-order valence-corrected chi connectivity index (χ2v) is 7.75. The Bertz CT molecular complexity index is 416. The van der Waals surface area contributed by atoms with Crippen LogP contribution >= 0.6 is 15.9 Å². The standard InChI is InChI=1S/C18H28BrN/c1-13(2)20-12-16-8-7-14(3)9-17(16)10-15-5-4-6-18(19)11-15/h4-6,11,13-14,16-17,20H,7-10,12H2,1-3H3. The average molecular weight is 338 g/mol. The van der Waals surface area contributed by atoms with Crippen molar-refractivity contribution in [2.24, 2.45) is 17.8 Å². The van der Waals surface area contributed by atoms with Gasteiger partial charge in [-0.25, -0.2) is 0 Å². The SMILES string of the molecule is CC1CCC(CNC(C)C)C(Cc2cccc(Br)c2)C1. The summed E-state index contributed by atoms with van der Waals surface area (Å²) < 4.78 is 1.20. The predicted octanol–water partition coefficient (Wildman–Crippen LogP) is 5.04. The van der Waals surface area contributed by atoms with Crippen molar-refractivity contribution in [3.8, 4) is 0 Å². The second-order valence-electron chi connectivity index (χ2n) is 6.84. The lowest BCUT2D eigenvalue weighted by Gasteiger charge is -2.36. The third-order valence-corrected chi connectivity index (χ3v) is 5.07. The van der Waals surface area contributed by atoms with E-state index in [1.54, 1.807) is 0 Å². The topological polar surface area (TPSA) is 12.0 Å². The van der Waals surface area contributed by atoms with Crippen LogP contribution in [0.15, 0.2) is 28.7 Å². The van der Waals surface area contributed by atoms with Gasteiger partial charge in [-0.1, -0.05) is 55.3 Å². The molecule has 0 amide bonds. The van der Waals surface area contributed by atoms with Crippen LogP contribution < -0.4 is 5.32 Å². The lowest BCUT2D eigenvalue weighted by molar-refractivity contribution is 0.181. The Labute approximate surface area is 132 Å². The molecule has 1 aliphatic rings. The zero-order valence-electron chi connectivity index (χ0n) is 13.0. The molecule has 0 aliphatic heterocycles. The summed E-state index contributed by atoms with van der Waals surface area (Å²) in [4.78, 5) is 0. The zero-order valence-corrected chi connectivity index (χ0v) is 14.6. The first-order valence-corrected chi connectivity index (χ1v) is 8.81. The highest BCUT2D eigenvalue weighted by Gasteiger charge is 2.28. The fourth-order valence-electron chi connectivity index (χ4n) is 3.43. The van der Waals surface area contributed by atoms with E-state index in [-0.39, 0.29) is 0 Å². The third-order valence-electron chi connectivity index (χ3n) is 4.58. The van der Waals surface area contributed by atoms with Gasteiger partial charge in [-0.2, -0.15) is 0 Å². The minimum absolute atomic E-state index is 0.598. The zero-order chi connectivity index (χ0) is 14.5. The van der Waals surface area contributed by atoms with Crippen LogP contribution in [0.4, 0.5) is 0 Å². The van der Waals surface area contributed by atoms with Crippen LogP contribution in [0.2, 0.25) is 0 Å². The lowest BCUT2D eigenvalue weighted by atomic mass is 9.72. The first-order valence-electron chi connectivity index (χ1n) is 8.02. The molecule has 1 aromatic carbocycles. The van der Waals surface area contributed by atoms with E-state index in [4.69, 9.17) is 0 Å². The molecule has 3 unspecified atom stereocenters. The van der Waals surface area contributed by atoms with Crippen molar-refractivity contribution in [2.45, 2.75) is 52.5 Å². The second kappa shape index (κ2) is 7.61. The largest absolute Gasteiger partial charge is 0.314 e. The fraction of sp³-hybridized carbons (Fsp3) is 0.667. The molecule has 1 aliphatic carbocycles. The number of rotatable bonds is 5. The minimum atomic E-state index is 0.598. The molecule has 1 saturated carbocycles. The molecule has 20 heavy (non-hydrogen) atoms. The maximum absolute atomic E-state index is 3.65. The number of benzene rings is 1. The summed E-state index contributed by atoms with van der Waals surface area (Å²) in [6.45, 7) is 8.09. The Kier molecular flexibility index (Phi) is 6.10. The quantitative estimate of drug-likeness (QED) is 0.793. The van der Waals surface area contributed by atoms with Gasteiger partial charge in [0.05, 0.1) is 0 Å². The van der Waals surface area contributed by atoms with Crippen LogP contribution in [-0.2, 0) is 6.42 Å². The van der Waals surface area contributed by atoms with Gasteiger partial charge >= 0.3 is 0 Å². The van der Waals surface area contributed by atoms with Gasteiger partial charge in [-0.05, 0) is 61.3 Å². The monoisotopic (exact) mass is 337 g/mol. The van der Waals surface area contributed by atoms with E-state index in [0.29, 0.717) is 6.04 Å². The average Bonchev–Trinajstić information content (AvgIpc) is 2.37. The maximum Gasteiger partial charge on any atom is 0.0177 e. The fourth-order valence-corrected chi connectivity index (χ4v) is 3.88. The third kappa shape index (κ3) is 4.89. The van der Waals surface area contributed by atoms with Gasteiger partial charge < -0.3 is 5.32 Å². The van der Waals surface area contributed by atoms with Crippen molar-refractivity contribution in [2.75, 3.05) is 6.54 Å². The molecule has 0 heterocycles. The Morgan fingerprint density at radius 3 is 2.75 bits per heavy atom. The molecule has 0 bridgehead atoms. The molecule has 2 heteroatoms. The van der Waals surface area contributed by atoms with E-state index in [1.807, 2.05) is 0 Å². The highest BCUT2D eigenvalue weighted by atomic mass is 79.9. The van der Waals surface area contributed by atoms with Crippen molar-refractivity contribution in [3.05, 3.63) is 34.3 Å². The van der Waals surface area contributed by atoms with Gasteiger partial charge in [0, 0.05) is 10.5 Å². The summed E-state index contributed by atoms with van der Waals surface area (Å²) in [5, 5.41) is 3.65. The molecular weight excluding hydrogens is 310 g/mol. The van der Waals surface area contributed by atoms with Crippen molar-refractivity contribution in [3.63, 3.8) is 0 Å². The Hall–Kier alpha value is -0.340. The van der Waals surface area contributed by atoms with Crippen molar-refractivity contribution in [1.82, 2.24) is 5.32 Å². The van der Waals surface area contributed by atoms with Crippen molar-refractivity contribution in [1.29, 1.82) is 0 Å². The van der Waals surface area contributed by atoms with Crippen LogP contribution in [0.1, 0.15) is 45.6 Å². The number of nitrogens with one attached hydrogen (secondary N) is 1. The number of hydrogen-bond acceptors (Lipinski definition) is 1. The Balaban J connectivity index is 2.00. The lowest BCUT2D eigenvalue weighted by Crippen LogP contribution is -2.36. The summed E-state index contributed by atoms with van der Waals surface area (Å²) in [5.41, 5.74) is 1.48. The number of halogens is 1. The minimum Gasteiger partial charge on any atom is -0.314 e. The summed E-state index contributed by atoms with van der Waals surface area (Å²) in [7, 11) is 0. The molecule has 3 atom stereocenters. The maximum atomic E-state index is 3.65. The van der Waals surface area contributed by atoms with Crippen LogP contribution in [-0.4, -0.2) is 12.6 Å². The number of hydrogen-bond donors (Lipinski definition) is 1. The summed E-state index contributed by atoms with van der Waals surface area (Å²) >= 11 is 3.59. The van der Waals surface area contributed by atoms with E-state index in [9.17, 15) is 0 Å². The molecule has 0 aromatic heterocycles. The van der Waals surface area contributed by atoms with Gasteiger partial charge in [-0.15, -0.1) is 0 Å². The highest BCUT2D eigenvalue weighted by molar-refractivity contribution is 9.10. The normalized spacial score (nSPS) is 26.9. The molecule has 112 valence electrons.